The number of hydrogen-bond donors (Lipinski definition) is 2. The molecule has 0 bridgehead atoms. The van der Waals surface area contributed by atoms with Crippen LogP contribution in [0, 0.1) is 5.82 Å². The van der Waals surface area contributed by atoms with E-state index in [9.17, 15) is 19.4 Å². The van der Waals surface area contributed by atoms with E-state index in [-0.39, 0.29) is 40.7 Å². The summed E-state index contributed by atoms with van der Waals surface area (Å²) in [7, 11) is 1.60. The lowest BCUT2D eigenvalue weighted by atomic mass is 10.0. The van der Waals surface area contributed by atoms with Crippen molar-refractivity contribution in [3.8, 4) is 17.4 Å². The van der Waals surface area contributed by atoms with E-state index in [0.29, 0.717) is 17.2 Å². The molecular formula is C22H19FN2O5. The van der Waals surface area contributed by atoms with Crippen LogP contribution in [0.1, 0.15) is 18.1 Å². The maximum absolute atomic E-state index is 13.2. The molecule has 4 aromatic rings. The first-order valence-corrected chi connectivity index (χ1v) is 9.29. The summed E-state index contributed by atoms with van der Waals surface area (Å²) in [6.07, 6.45) is 2.68. The second kappa shape index (κ2) is 7.55. The van der Waals surface area contributed by atoms with Gasteiger partial charge in [0.15, 0.2) is 11.5 Å². The molecule has 154 valence electrons. The maximum Gasteiger partial charge on any atom is 0.513 e. The number of aromatic nitrogens is 2. The van der Waals surface area contributed by atoms with Crippen molar-refractivity contribution in [2.24, 2.45) is 7.05 Å². The number of ether oxygens (including phenoxy) is 2. The molecule has 2 aromatic heterocycles. The van der Waals surface area contributed by atoms with Gasteiger partial charge in [-0.05, 0) is 42.7 Å². The fraction of sp³-hybridized carbons (Fsp3) is 0.182. The topological polar surface area (TPSA) is 93.8 Å². The second-order valence-electron chi connectivity index (χ2n) is 6.86. The molecule has 0 fully saturated rings. The fourth-order valence-electron chi connectivity index (χ4n) is 3.43. The molecule has 0 radical (unpaired) electrons. The van der Waals surface area contributed by atoms with Crippen LogP contribution in [-0.2, 0) is 18.2 Å². The molecule has 0 aliphatic rings. The van der Waals surface area contributed by atoms with E-state index < -0.39 is 6.16 Å². The Morgan fingerprint density at radius 2 is 1.90 bits per heavy atom. The molecule has 2 heterocycles. The van der Waals surface area contributed by atoms with Crippen LogP contribution in [0.4, 0.5) is 9.18 Å². The van der Waals surface area contributed by atoms with E-state index in [1.54, 1.807) is 44.6 Å². The third-order valence-corrected chi connectivity index (χ3v) is 4.81. The van der Waals surface area contributed by atoms with Gasteiger partial charge in [0.1, 0.15) is 11.3 Å². The molecule has 0 spiro atoms. The van der Waals surface area contributed by atoms with Crippen molar-refractivity contribution < 1.29 is 28.9 Å². The lowest BCUT2D eigenvalue weighted by Crippen LogP contribution is -2.10. The normalized spacial score (nSPS) is 11.2. The number of hydrogen-bond acceptors (Lipinski definition) is 6. The Kier molecular flexibility index (Phi) is 4.91. The molecular weight excluding hydrogens is 391 g/mol. The van der Waals surface area contributed by atoms with Gasteiger partial charge in [-0.2, -0.15) is 0 Å². The van der Waals surface area contributed by atoms with Gasteiger partial charge in [0.25, 0.3) is 0 Å². The Bertz CT molecular complexity index is 1260. The zero-order valence-electron chi connectivity index (χ0n) is 16.3. The SMILES string of the molecule is CCOC(=O)Oc1c2cc(Cc3ccc(F)cc3)cnc2c(O)c2c(O)n(C)cc12. The van der Waals surface area contributed by atoms with Crippen molar-refractivity contribution in [2.75, 3.05) is 6.61 Å². The lowest BCUT2D eigenvalue weighted by molar-refractivity contribution is 0.105. The summed E-state index contributed by atoms with van der Waals surface area (Å²) in [5.74, 6) is -0.602. The van der Waals surface area contributed by atoms with E-state index in [0.717, 1.165) is 11.1 Å². The van der Waals surface area contributed by atoms with Gasteiger partial charge < -0.3 is 24.3 Å². The van der Waals surface area contributed by atoms with E-state index >= 15 is 0 Å². The standard InChI is InChI=1S/C22H19FN2O5/c1-3-29-22(28)30-20-15-9-13(8-12-4-6-14(23)7-5-12)10-24-18(15)19(26)17-16(20)11-25(2)21(17)27/h4-7,9-11,26-27H,3,8H2,1-2H3. The molecule has 8 heteroatoms. The number of phenols is 1. The number of carbonyl (C=O) groups excluding carboxylic acids is 1. The Balaban J connectivity index is 1.91. The van der Waals surface area contributed by atoms with Crippen molar-refractivity contribution in [3.05, 3.63) is 59.7 Å². The van der Waals surface area contributed by atoms with E-state index in [2.05, 4.69) is 4.98 Å². The molecule has 4 rings (SSSR count). The highest BCUT2D eigenvalue weighted by molar-refractivity contribution is 6.12. The molecule has 0 saturated carbocycles. The smallest absolute Gasteiger partial charge is 0.505 e. The van der Waals surface area contributed by atoms with Crippen molar-refractivity contribution >= 4 is 27.8 Å². The van der Waals surface area contributed by atoms with Crippen LogP contribution in [0.25, 0.3) is 21.7 Å². The van der Waals surface area contributed by atoms with E-state index in [1.165, 1.54) is 16.7 Å². The highest BCUT2D eigenvalue weighted by Gasteiger charge is 2.23. The van der Waals surface area contributed by atoms with Gasteiger partial charge in [-0.1, -0.05) is 12.1 Å². The van der Waals surface area contributed by atoms with Crippen molar-refractivity contribution in [3.63, 3.8) is 0 Å². The minimum atomic E-state index is -0.905. The zero-order valence-corrected chi connectivity index (χ0v) is 16.3. The van der Waals surface area contributed by atoms with Crippen LogP contribution in [0.15, 0.2) is 42.7 Å². The molecule has 30 heavy (non-hydrogen) atoms. The average molecular weight is 410 g/mol. The summed E-state index contributed by atoms with van der Waals surface area (Å²) in [5, 5.41) is 21.9. The first kappa shape index (κ1) is 19.5. The van der Waals surface area contributed by atoms with Crippen molar-refractivity contribution in [1.29, 1.82) is 0 Å². The predicted octanol–water partition coefficient (Wildman–Crippen LogP) is 4.40. The summed E-state index contributed by atoms with van der Waals surface area (Å²) in [6.45, 7) is 1.79. The maximum atomic E-state index is 13.2. The summed E-state index contributed by atoms with van der Waals surface area (Å²) in [4.78, 5) is 16.4. The van der Waals surface area contributed by atoms with Crippen LogP contribution in [0.5, 0.6) is 17.4 Å². The van der Waals surface area contributed by atoms with Gasteiger partial charge in [-0.3, -0.25) is 4.98 Å². The van der Waals surface area contributed by atoms with E-state index in [4.69, 9.17) is 9.47 Å². The summed E-state index contributed by atoms with van der Waals surface area (Å²) in [6, 6.07) is 7.84. The van der Waals surface area contributed by atoms with Gasteiger partial charge in [0.2, 0.25) is 5.88 Å². The number of aryl methyl sites for hydroxylation is 1. The Morgan fingerprint density at radius 3 is 2.60 bits per heavy atom. The number of carbonyl (C=O) groups is 1. The van der Waals surface area contributed by atoms with Gasteiger partial charge in [-0.25, -0.2) is 9.18 Å². The summed E-state index contributed by atoms with van der Waals surface area (Å²) in [5.41, 5.74) is 1.81. The van der Waals surface area contributed by atoms with Crippen LogP contribution in [0.3, 0.4) is 0 Å². The quantitative estimate of drug-likeness (QED) is 0.383. The molecule has 7 nitrogen and oxygen atoms in total. The molecule has 0 aliphatic carbocycles. The summed E-state index contributed by atoms with van der Waals surface area (Å²) < 4.78 is 24.9. The summed E-state index contributed by atoms with van der Waals surface area (Å²) >= 11 is 0. The molecule has 0 amide bonds. The van der Waals surface area contributed by atoms with Gasteiger partial charge in [0.05, 0.1) is 17.4 Å². The number of benzene rings is 2. The minimum Gasteiger partial charge on any atom is -0.505 e. The fourth-order valence-corrected chi connectivity index (χ4v) is 3.43. The Morgan fingerprint density at radius 1 is 1.17 bits per heavy atom. The highest BCUT2D eigenvalue weighted by atomic mass is 19.1. The molecule has 0 aliphatic heterocycles. The van der Waals surface area contributed by atoms with E-state index in [1.807, 2.05) is 0 Å². The largest absolute Gasteiger partial charge is 0.513 e. The number of halogens is 1. The van der Waals surface area contributed by atoms with Gasteiger partial charge in [-0.15, -0.1) is 0 Å². The zero-order chi connectivity index (χ0) is 21.4. The number of pyridine rings is 1. The van der Waals surface area contributed by atoms with Crippen LogP contribution in [0.2, 0.25) is 0 Å². The number of rotatable bonds is 4. The monoisotopic (exact) mass is 410 g/mol. The third kappa shape index (κ3) is 3.36. The highest BCUT2D eigenvalue weighted by Crippen LogP contribution is 2.46. The average Bonchev–Trinajstić information content (AvgIpc) is 3.02. The molecule has 0 saturated heterocycles. The molecule has 0 unspecified atom stereocenters. The number of fused-ring (bicyclic) bond motifs is 2. The van der Waals surface area contributed by atoms with Crippen molar-refractivity contribution in [1.82, 2.24) is 9.55 Å². The number of phenolic OH excluding ortho intramolecular Hbond substituents is 1. The number of aromatic hydroxyl groups is 2. The lowest BCUT2D eigenvalue weighted by Gasteiger charge is -2.12. The first-order chi connectivity index (χ1) is 14.4. The van der Waals surface area contributed by atoms with Gasteiger partial charge in [0, 0.05) is 24.8 Å². The van der Waals surface area contributed by atoms with Crippen LogP contribution in [-0.4, -0.2) is 32.5 Å². The van der Waals surface area contributed by atoms with Gasteiger partial charge >= 0.3 is 6.16 Å². The third-order valence-electron chi connectivity index (χ3n) is 4.81. The Labute approximate surface area is 170 Å². The Hall–Kier alpha value is -3.81. The number of nitrogens with zero attached hydrogens (tertiary/aromatic N) is 2. The van der Waals surface area contributed by atoms with Crippen LogP contribution < -0.4 is 4.74 Å². The first-order valence-electron chi connectivity index (χ1n) is 9.29. The minimum absolute atomic E-state index is 0.126. The molecule has 0 atom stereocenters. The molecule has 2 N–H and O–H groups in total. The van der Waals surface area contributed by atoms with Crippen molar-refractivity contribution in [2.45, 2.75) is 13.3 Å². The predicted molar refractivity (Wildman–Crippen MR) is 108 cm³/mol. The second-order valence-corrected chi connectivity index (χ2v) is 6.86. The van der Waals surface area contributed by atoms with Crippen LogP contribution >= 0.6 is 0 Å². The molecule has 2 aromatic carbocycles.